The van der Waals surface area contributed by atoms with Crippen LogP contribution in [0.4, 0.5) is 4.79 Å². The molecule has 0 atom stereocenters. The zero-order chi connectivity index (χ0) is 21.5. The average molecular weight is 424 g/mol. The van der Waals surface area contributed by atoms with E-state index in [1.165, 1.54) is 16.7 Å². The third kappa shape index (κ3) is 5.77. The van der Waals surface area contributed by atoms with Crippen molar-refractivity contribution in [1.29, 1.82) is 0 Å². The lowest BCUT2D eigenvalue weighted by atomic mass is 9.99. The standard InChI is InChI=1S/C25H33N3O3/c1-2-30-14-5-11-26-25(29)28-13-15-31-24-9-8-20(16-23(24)19-28)17-27-12-10-21-6-3-4-7-22(21)18-27/h3-4,6-9,16H,2,5,10-15,17-19H2,1H3,(H,26,29). The van der Waals surface area contributed by atoms with Gasteiger partial charge in [0.1, 0.15) is 12.4 Å². The Balaban J connectivity index is 1.36. The Bertz CT molecular complexity index is 886. The molecule has 0 fully saturated rings. The van der Waals surface area contributed by atoms with Gasteiger partial charge in [-0.25, -0.2) is 4.79 Å². The van der Waals surface area contributed by atoms with Gasteiger partial charge in [0.2, 0.25) is 0 Å². The number of rotatable bonds is 7. The van der Waals surface area contributed by atoms with Gasteiger partial charge < -0.3 is 19.7 Å². The van der Waals surface area contributed by atoms with Crippen LogP contribution in [0.2, 0.25) is 0 Å². The van der Waals surface area contributed by atoms with E-state index in [4.69, 9.17) is 9.47 Å². The van der Waals surface area contributed by atoms with Crippen LogP contribution in [0, 0.1) is 0 Å². The lowest BCUT2D eigenvalue weighted by Crippen LogP contribution is -2.41. The molecule has 1 N–H and O–H groups in total. The highest BCUT2D eigenvalue weighted by molar-refractivity contribution is 5.74. The number of nitrogens with one attached hydrogen (secondary N) is 1. The largest absolute Gasteiger partial charge is 0.491 e. The molecular formula is C25H33N3O3. The molecular weight excluding hydrogens is 390 g/mol. The molecule has 0 aromatic heterocycles. The van der Waals surface area contributed by atoms with Crippen molar-refractivity contribution in [3.8, 4) is 5.75 Å². The second-order valence-corrected chi connectivity index (χ2v) is 8.22. The number of nitrogens with zero attached hydrogens (tertiary/aromatic N) is 2. The number of benzene rings is 2. The van der Waals surface area contributed by atoms with Crippen LogP contribution in [0.5, 0.6) is 5.75 Å². The molecule has 0 unspecified atom stereocenters. The van der Waals surface area contributed by atoms with E-state index in [2.05, 4.69) is 52.7 Å². The summed E-state index contributed by atoms with van der Waals surface area (Å²) in [6.07, 6.45) is 1.92. The Hall–Kier alpha value is -2.57. The highest BCUT2D eigenvalue weighted by atomic mass is 16.5. The third-order valence-corrected chi connectivity index (χ3v) is 5.95. The van der Waals surface area contributed by atoms with Crippen LogP contribution in [0.15, 0.2) is 42.5 Å². The van der Waals surface area contributed by atoms with Crippen molar-refractivity contribution in [2.45, 2.75) is 39.4 Å². The van der Waals surface area contributed by atoms with Gasteiger partial charge in [-0.05, 0) is 48.6 Å². The minimum atomic E-state index is -0.0361. The van der Waals surface area contributed by atoms with Crippen molar-refractivity contribution >= 4 is 6.03 Å². The quantitative estimate of drug-likeness (QED) is 0.692. The molecule has 0 spiro atoms. The first-order valence-electron chi connectivity index (χ1n) is 11.4. The molecule has 6 nitrogen and oxygen atoms in total. The molecule has 2 aromatic rings. The summed E-state index contributed by atoms with van der Waals surface area (Å²) in [5.74, 6) is 0.888. The summed E-state index contributed by atoms with van der Waals surface area (Å²) in [6, 6.07) is 15.1. The number of carbonyl (C=O) groups excluding carboxylic acids is 1. The number of urea groups is 1. The molecule has 31 heavy (non-hydrogen) atoms. The summed E-state index contributed by atoms with van der Waals surface area (Å²) in [5, 5.41) is 3.00. The van der Waals surface area contributed by atoms with Crippen LogP contribution in [-0.2, 0) is 30.8 Å². The number of fused-ring (bicyclic) bond motifs is 2. The summed E-state index contributed by atoms with van der Waals surface area (Å²) in [6.45, 7) is 8.63. The fraction of sp³-hybridized carbons (Fsp3) is 0.480. The molecule has 2 aliphatic rings. The maximum Gasteiger partial charge on any atom is 0.317 e. The fourth-order valence-electron chi connectivity index (χ4n) is 4.29. The number of amides is 2. The topological polar surface area (TPSA) is 54.0 Å². The van der Waals surface area contributed by atoms with Gasteiger partial charge in [0, 0.05) is 45.0 Å². The molecule has 0 saturated heterocycles. The van der Waals surface area contributed by atoms with E-state index < -0.39 is 0 Å². The monoisotopic (exact) mass is 423 g/mol. The molecule has 0 radical (unpaired) electrons. The molecule has 0 bridgehead atoms. The van der Waals surface area contributed by atoms with Crippen molar-refractivity contribution in [2.24, 2.45) is 0 Å². The highest BCUT2D eigenvalue weighted by Crippen LogP contribution is 2.26. The summed E-state index contributed by atoms with van der Waals surface area (Å²) >= 11 is 0. The van der Waals surface area contributed by atoms with Crippen LogP contribution in [0.3, 0.4) is 0 Å². The summed E-state index contributed by atoms with van der Waals surface area (Å²) in [7, 11) is 0. The summed E-state index contributed by atoms with van der Waals surface area (Å²) < 4.78 is 11.3. The number of hydrogen-bond acceptors (Lipinski definition) is 4. The predicted octanol–water partition coefficient (Wildman–Crippen LogP) is 3.58. The van der Waals surface area contributed by atoms with Gasteiger partial charge in [-0.15, -0.1) is 0 Å². The molecule has 2 aliphatic heterocycles. The van der Waals surface area contributed by atoms with Crippen molar-refractivity contribution in [2.75, 3.05) is 39.5 Å². The molecule has 166 valence electrons. The van der Waals surface area contributed by atoms with Crippen molar-refractivity contribution in [3.63, 3.8) is 0 Å². The number of ether oxygens (including phenoxy) is 2. The summed E-state index contributed by atoms with van der Waals surface area (Å²) in [5.41, 5.74) is 5.24. The van der Waals surface area contributed by atoms with E-state index in [-0.39, 0.29) is 6.03 Å². The van der Waals surface area contributed by atoms with Crippen LogP contribution in [-0.4, -0.2) is 55.3 Å². The van der Waals surface area contributed by atoms with E-state index in [1.807, 2.05) is 11.8 Å². The minimum absolute atomic E-state index is 0.0361. The van der Waals surface area contributed by atoms with Gasteiger partial charge >= 0.3 is 6.03 Å². The van der Waals surface area contributed by atoms with Gasteiger partial charge in [-0.3, -0.25) is 4.90 Å². The third-order valence-electron chi connectivity index (χ3n) is 5.95. The van der Waals surface area contributed by atoms with Crippen LogP contribution < -0.4 is 10.1 Å². The second-order valence-electron chi connectivity index (χ2n) is 8.22. The predicted molar refractivity (Wildman–Crippen MR) is 121 cm³/mol. The molecule has 0 saturated carbocycles. The van der Waals surface area contributed by atoms with E-state index in [9.17, 15) is 4.79 Å². The summed E-state index contributed by atoms with van der Waals surface area (Å²) in [4.78, 5) is 17.0. The van der Waals surface area contributed by atoms with Crippen molar-refractivity contribution in [3.05, 3.63) is 64.7 Å². The Morgan fingerprint density at radius 3 is 2.84 bits per heavy atom. The minimum Gasteiger partial charge on any atom is -0.491 e. The normalized spacial score (nSPS) is 16.1. The van der Waals surface area contributed by atoms with E-state index >= 15 is 0 Å². The molecule has 2 amide bonds. The number of carbonyl (C=O) groups is 1. The highest BCUT2D eigenvalue weighted by Gasteiger charge is 2.21. The maximum atomic E-state index is 12.6. The van der Waals surface area contributed by atoms with Gasteiger partial charge in [0.25, 0.3) is 0 Å². The van der Waals surface area contributed by atoms with Gasteiger partial charge in [0.05, 0.1) is 13.1 Å². The van der Waals surface area contributed by atoms with Crippen LogP contribution in [0.25, 0.3) is 0 Å². The zero-order valence-electron chi connectivity index (χ0n) is 18.4. The zero-order valence-corrected chi connectivity index (χ0v) is 18.4. The first-order chi connectivity index (χ1) is 15.2. The first kappa shape index (κ1) is 21.7. The van der Waals surface area contributed by atoms with Gasteiger partial charge in [-0.1, -0.05) is 30.3 Å². The fourth-order valence-corrected chi connectivity index (χ4v) is 4.29. The van der Waals surface area contributed by atoms with E-state index in [1.54, 1.807) is 0 Å². The van der Waals surface area contributed by atoms with Crippen molar-refractivity contribution < 1.29 is 14.3 Å². The maximum absolute atomic E-state index is 12.6. The Labute approximate surface area is 185 Å². The second kappa shape index (κ2) is 10.6. The molecule has 6 heteroatoms. The lowest BCUT2D eigenvalue weighted by Gasteiger charge is -2.29. The SMILES string of the molecule is CCOCCCNC(=O)N1CCOc2ccc(CN3CCc4ccccc4C3)cc2C1. The average Bonchev–Trinajstić information content (AvgIpc) is 3.01. The lowest BCUT2D eigenvalue weighted by molar-refractivity contribution is 0.143. The Morgan fingerprint density at radius 2 is 1.97 bits per heavy atom. The molecule has 2 heterocycles. The van der Waals surface area contributed by atoms with Crippen molar-refractivity contribution in [1.82, 2.24) is 15.1 Å². The Morgan fingerprint density at radius 1 is 1.10 bits per heavy atom. The Kier molecular flexibility index (Phi) is 7.43. The number of hydrogen-bond donors (Lipinski definition) is 1. The van der Waals surface area contributed by atoms with Crippen LogP contribution >= 0.6 is 0 Å². The molecule has 4 rings (SSSR count). The van der Waals surface area contributed by atoms with E-state index in [0.717, 1.165) is 43.8 Å². The first-order valence-corrected chi connectivity index (χ1v) is 11.4. The van der Waals surface area contributed by atoms with E-state index in [0.29, 0.717) is 39.5 Å². The van der Waals surface area contributed by atoms with Crippen LogP contribution in [0.1, 0.15) is 35.6 Å². The molecule has 0 aliphatic carbocycles. The molecule has 2 aromatic carbocycles. The smallest absolute Gasteiger partial charge is 0.317 e. The van der Waals surface area contributed by atoms with Gasteiger partial charge in [0.15, 0.2) is 0 Å². The van der Waals surface area contributed by atoms with Gasteiger partial charge in [-0.2, -0.15) is 0 Å².